The highest BCUT2D eigenvalue weighted by Gasteiger charge is 2.04. The van der Waals surface area contributed by atoms with Crippen molar-refractivity contribution in [1.29, 1.82) is 0 Å². The molecule has 0 saturated heterocycles. The zero-order chi connectivity index (χ0) is 14.4. The number of hydrogen-bond donors (Lipinski definition) is 2. The van der Waals surface area contributed by atoms with Gasteiger partial charge in [-0.1, -0.05) is 18.2 Å². The molecule has 3 nitrogen and oxygen atoms in total. The predicted octanol–water partition coefficient (Wildman–Crippen LogP) is 2.69. The van der Waals surface area contributed by atoms with Gasteiger partial charge in [0.15, 0.2) is 0 Å². The van der Waals surface area contributed by atoms with Crippen LogP contribution in [-0.2, 0) is 11.3 Å². The van der Waals surface area contributed by atoms with Gasteiger partial charge in [0, 0.05) is 18.3 Å². The van der Waals surface area contributed by atoms with Crippen LogP contribution in [0.5, 0.6) is 0 Å². The van der Waals surface area contributed by atoms with E-state index in [1.807, 2.05) is 30.3 Å². The Balaban J connectivity index is 1.80. The zero-order valence-corrected chi connectivity index (χ0v) is 10.7. The first-order valence-corrected chi connectivity index (χ1v) is 6.14. The summed E-state index contributed by atoms with van der Waals surface area (Å²) in [7, 11) is 0. The molecule has 0 unspecified atom stereocenters. The largest absolute Gasteiger partial charge is 0.376 e. The van der Waals surface area contributed by atoms with Gasteiger partial charge in [-0.3, -0.25) is 4.79 Å². The van der Waals surface area contributed by atoms with Crippen LogP contribution in [0.15, 0.2) is 48.5 Å². The van der Waals surface area contributed by atoms with Crippen LogP contribution in [0.2, 0.25) is 0 Å². The van der Waals surface area contributed by atoms with Crippen molar-refractivity contribution in [3.05, 3.63) is 65.7 Å². The number of carbonyl (C=O) groups is 1. The normalized spacial score (nSPS) is 10.1. The molecule has 5 heteroatoms. The number of hydrogen-bond acceptors (Lipinski definition) is 2. The summed E-state index contributed by atoms with van der Waals surface area (Å²) >= 11 is 0. The van der Waals surface area contributed by atoms with E-state index in [1.54, 1.807) is 0 Å². The maximum Gasteiger partial charge on any atom is 0.239 e. The van der Waals surface area contributed by atoms with Crippen LogP contribution in [0.25, 0.3) is 0 Å². The van der Waals surface area contributed by atoms with Crippen LogP contribution in [0.4, 0.5) is 14.5 Å². The number of anilines is 1. The lowest BCUT2D eigenvalue weighted by atomic mass is 10.2. The number of benzene rings is 2. The molecular formula is C15H14F2N2O. The monoisotopic (exact) mass is 276 g/mol. The summed E-state index contributed by atoms with van der Waals surface area (Å²) in [5, 5.41) is 5.53. The average Bonchev–Trinajstić information content (AvgIpc) is 2.43. The van der Waals surface area contributed by atoms with Gasteiger partial charge in [-0.2, -0.15) is 0 Å². The zero-order valence-electron chi connectivity index (χ0n) is 10.7. The highest BCUT2D eigenvalue weighted by atomic mass is 19.1. The van der Waals surface area contributed by atoms with Gasteiger partial charge >= 0.3 is 0 Å². The Morgan fingerprint density at radius 2 is 1.65 bits per heavy atom. The Kier molecular flexibility index (Phi) is 4.65. The number of nitrogens with one attached hydrogen (secondary N) is 2. The highest BCUT2D eigenvalue weighted by molar-refractivity contribution is 5.80. The summed E-state index contributed by atoms with van der Waals surface area (Å²) in [6.45, 7) is 0.186. The van der Waals surface area contributed by atoms with Gasteiger partial charge in [0.05, 0.1) is 6.54 Å². The quantitative estimate of drug-likeness (QED) is 0.881. The molecule has 104 valence electrons. The van der Waals surface area contributed by atoms with Crippen LogP contribution >= 0.6 is 0 Å². The van der Waals surface area contributed by atoms with E-state index in [0.717, 1.165) is 11.8 Å². The molecule has 2 rings (SSSR count). The number of amides is 1. The fourth-order valence-corrected chi connectivity index (χ4v) is 1.71. The van der Waals surface area contributed by atoms with E-state index < -0.39 is 11.6 Å². The fraction of sp³-hybridized carbons (Fsp3) is 0.133. The van der Waals surface area contributed by atoms with Crippen LogP contribution < -0.4 is 10.6 Å². The third-order valence-corrected chi connectivity index (χ3v) is 2.64. The van der Waals surface area contributed by atoms with Crippen molar-refractivity contribution >= 4 is 11.6 Å². The molecule has 20 heavy (non-hydrogen) atoms. The minimum atomic E-state index is -0.656. The third kappa shape index (κ3) is 4.35. The number of rotatable bonds is 5. The summed E-state index contributed by atoms with van der Waals surface area (Å²) in [6.07, 6.45) is 0. The highest BCUT2D eigenvalue weighted by Crippen LogP contribution is 2.07. The standard InChI is InChI=1S/C15H14F2N2O/c16-12-6-11(7-13(17)8-12)9-19-15(20)10-18-14-4-2-1-3-5-14/h1-8,18H,9-10H2,(H,19,20). The van der Waals surface area contributed by atoms with Gasteiger partial charge < -0.3 is 10.6 Å². The van der Waals surface area contributed by atoms with E-state index in [0.29, 0.717) is 5.56 Å². The Morgan fingerprint density at radius 3 is 2.30 bits per heavy atom. The van der Waals surface area contributed by atoms with Gasteiger partial charge in [0.2, 0.25) is 5.91 Å². The summed E-state index contributed by atoms with van der Waals surface area (Å²) < 4.78 is 25.9. The van der Waals surface area contributed by atoms with Gasteiger partial charge in [-0.05, 0) is 29.8 Å². The van der Waals surface area contributed by atoms with Gasteiger partial charge in [-0.15, -0.1) is 0 Å². The molecule has 1 amide bonds. The molecule has 0 atom stereocenters. The van der Waals surface area contributed by atoms with Crippen LogP contribution in [0.3, 0.4) is 0 Å². The topological polar surface area (TPSA) is 41.1 Å². The van der Waals surface area contributed by atoms with Crippen molar-refractivity contribution in [3.8, 4) is 0 Å². The minimum Gasteiger partial charge on any atom is -0.376 e. The first kappa shape index (κ1) is 14.0. The molecule has 0 aromatic heterocycles. The third-order valence-electron chi connectivity index (χ3n) is 2.64. The summed E-state index contributed by atoms with van der Waals surface area (Å²) in [6, 6.07) is 12.4. The Bertz CT molecular complexity index is 567. The Morgan fingerprint density at radius 1 is 1.00 bits per heavy atom. The van der Waals surface area contributed by atoms with Crippen molar-refractivity contribution in [2.24, 2.45) is 0 Å². The van der Waals surface area contributed by atoms with Crippen molar-refractivity contribution < 1.29 is 13.6 Å². The van der Waals surface area contributed by atoms with Gasteiger partial charge in [-0.25, -0.2) is 8.78 Å². The molecule has 0 fully saturated rings. The van der Waals surface area contributed by atoms with Crippen molar-refractivity contribution in [2.75, 3.05) is 11.9 Å². The van der Waals surface area contributed by atoms with E-state index in [-0.39, 0.29) is 19.0 Å². The molecule has 2 aromatic rings. The average molecular weight is 276 g/mol. The SMILES string of the molecule is O=C(CNc1ccccc1)NCc1cc(F)cc(F)c1. The minimum absolute atomic E-state index is 0.0873. The maximum absolute atomic E-state index is 13.0. The summed E-state index contributed by atoms with van der Waals surface area (Å²) in [4.78, 5) is 11.6. The lowest BCUT2D eigenvalue weighted by Gasteiger charge is -2.08. The number of carbonyl (C=O) groups excluding carboxylic acids is 1. The maximum atomic E-state index is 13.0. The second-order valence-corrected chi connectivity index (χ2v) is 4.27. The molecule has 0 aliphatic heterocycles. The molecule has 0 heterocycles. The summed E-state index contributed by atoms with van der Waals surface area (Å²) in [5.74, 6) is -1.56. The van der Waals surface area contributed by atoms with Gasteiger partial charge in [0.1, 0.15) is 11.6 Å². The molecule has 0 radical (unpaired) electrons. The van der Waals surface area contributed by atoms with Crippen LogP contribution in [-0.4, -0.2) is 12.5 Å². The molecule has 2 N–H and O–H groups in total. The fourth-order valence-electron chi connectivity index (χ4n) is 1.71. The molecule has 0 bridgehead atoms. The molecular weight excluding hydrogens is 262 g/mol. The Labute approximate surface area is 115 Å². The van der Waals surface area contributed by atoms with E-state index in [4.69, 9.17) is 0 Å². The van der Waals surface area contributed by atoms with Gasteiger partial charge in [0.25, 0.3) is 0 Å². The van der Waals surface area contributed by atoms with Crippen molar-refractivity contribution in [2.45, 2.75) is 6.54 Å². The molecule has 0 aliphatic rings. The van der Waals surface area contributed by atoms with E-state index in [1.165, 1.54) is 12.1 Å². The van der Waals surface area contributed by atoms with E-state index >= 15 is 0 Å². The molecule has 0 aliphatic carbocycles. The predicted molar refractivity (Wildman–Crippen MR) is 73.1 cm³/mol. The lowest BCUT2D eigenvalue weighted by molar-refractivity contribution is -0.119. The van der Waals surface area contributed by atoms with Crippen LogP contribution in [0, 0.1) is 11.6 Å². The first-order valence-electron chi connectivity index (χ1n) is 6.14. The second-order valence-electron chi connectivity index (χ2n) is 4.27. The van der Waals surface area contributed by atoms with E-state index in [9.17, 15) is 13.6 Å². The van der Waals surface area contributed by atoms with Crippen molar-refractivity contribution in [1.82, 2.24) is 5.32 Å². The number of halogens is 2. The number of para-hydroxylation sites is 1. The smallest absolute Gasteiger partial charge is 0.239 e. The summed E-state index contributed by atoms with van der Waals surface area (Å²) in [5.41, 5.74) is 1.22. The molecule has 0 spiro atoms. The molecule has 2 aromatic carbocycles. The lowest BCUT2D eigenvalue weighted by Crippen LogP contribution is -2.29. The Hall–Kier alpha value is -2.43. The first-order chi connectivity index (χ1) is 9.63. The second kappa shape index (κ2) is 6.65. The van der Waals surface area contributed by atoms with Crippen molar-refractivity contribution in [3.63, 3.8) is 0 Å². The van der Waals surface area contributed by atoms with Crippen LogP contribution in [0.1, 0.15) is 5.56 Å². The molecule has 0 saturated carbocycles. The van der Waals surface area contributed by atoms with E-state index in [2.05, 4.69) is 10.6 Å².